The summed E-state index contributed by atoms with van der Waals surface area (Å²) in [6.45, 7) is 5.95. The van der Waals surface area contributed by atoms with Gasteiger partial charge < -0.3 is 20.5 Å². The highest BCUT2D eigenvalue weighted by Gasteiger charge is 2.43. The summed E-state index contributed by atoms with van der Waals surface area (Å²) in [6.07, 6.45) is 8.27. The normalized spacial score (nSPS) is 18.1. The van der Waals surface area contributed by atoms with E-state index >= 15 is 0 Å². The Morgan fingerprint density at radius 1 is 1.24 bits per heavy atom. The topological polar surface area (TPSA) is 136 Å². The molecule has 3 heterocycles. The molecule has 0 radical (unpaired) electrons. The monoisotopic (exact) mass is 500 g/mol. The quantitative estimate of drug-likeness (QED) is 0.352. The van der Waals surface area contributed by atoms with Gasteiger partial charge in [-0.1, -0.05) is 12.1 Å². The molecule has 4 N–H and O–H groups in total. The molecule has 0 bridgehead atoms. The van der Waals surface area contributed by atoms with Gasteiger partial charge in [0, 0.05) is 54.3 Å². The Bertz CT molecular complexity index is 1390. The van der Waals surface area contributed by atoms with Crippen molar-refractivity contribution in [2.75, 3.05) is 18.0 Å². The summed E-state index contributed by atoms with van der Waals surface area (Å²) >= 11 is 0. The van der Waals surface area contributed by atoms with Gasteiger partial charge >= 0.3 is 0 Å². The van der Waals surface area contributed by atoms with Crippen LogP contribution in [0.15, 0.2) is 47.7 Å². The molecule has 2 aromatic heterocycles. The van der Waals surface area contributed by atoms with Gasteiger partial charge in [0.05, 0.1) is 17.9 Å². The minimum absolute atomic E-state index is 0.108. The Morgan fingerprint density at radius 2 is 2.03 bits per heavy atom. The summed E-state index contributed by atoms with van der Waals surface area (Å²) in [7, 11) is 0. The van der Waals surface area contributed by atoms with Gasteiger partial charge in [-0.05, 0) is 51.3 Å². The number of hydrogen-bond acceptors (Lipinski definition) is 4. The second-order valence-electron chi connectivity index (χ2n) is 10.1. The lowest BCUT2D eigenvalue weighted by Crippen LogP contribution is -2.64. The standard InChI is InChI=1S/C27H32N8O2/c1-17(36)34-11-10-33(26(37)27(34,2)3)21-9-4-6-18(12-21)23-13-22(24(32-23)25(29)30-16-28)19-14-31-35(15-19)20-7-5-8-20/h4,6,9,12-16,20,32H,5,7-8,10-11H2,1-3H3,(H3,28,29,30). The first-order chi connectivity index (χ1) is 17.7. The minimum Gasteiger partial charge on any atom is -0.382 e. The fraction of sp³-hybridized carbons (Fsp3) is 0.370. The molecule has 2 fully saturated rings. The molecule has 1 saturated heterocycles. The third-order valence-electron chi connectivity index (χ3n) is 7.48. The molecule has 10 nitrogen and oxygen atoms in total. The lowest BCUT2D eigenvalue weighted by atomic mass is 9.93. The van der Waals surface area contributed by atoms with Gasteiger partial charge in [-0.2, -0.15) is 5.10 Å². The zero-order valence-corrected chi connectivity index (χ0v) is 21.4. The average molecular weight is 501 g/mol. The van der Waals surface area contributed by atoms with Crippen molar-refractivity contribution in [3.05, 3.63) is 48.4 Å². The lowest BCUT2D eigenvalue weighted by molar-refractivity contribution is -0.145. The maximum Gasteiger partial charge on any atom is 0.252 e. The number of piperazine rings is 1. The van der Waals surface area contributed by atoms with Crippen molar-refractivity contribution in [2.24, 2.45) is 10.7 Å². The largest absolute Gasteiger partial charge is 0.382 e. The van der Waals surface area contributed by atoms with Crippen LogP contribution in [0.2, 0.25) is 0 Å². The van der Waals surface area contributed by atoms with Crippen molar-refractivity contribution in [2.45, 2.75) is 51.6 Å². The van der Waals surface area contributed by atoms with Crippen LogP contribution in [0.1, 0.15) is 51.8 Å². The number of aliphatic imine (C=N–C) groups is 1. The number of aromatic amines is 1. The number of amides is 2. The molecule has 1 aliphatic heterocycles. The number of amidine groups is 1. The Balaban J connectivity index is 1.51. The number of hydrogen-bond donors (Lipinski definition) is 3. The first-order valence-electron chi connectivity index (χ1n) is 12.5. The average Bonchev–Trinajstić information content (AvgIpc) is 3.47. The number of aromatic nitrogens is 3. The molecule has 5 rings (SSSR count). The van der Waals surface area contributed by atoms with Gasteiger partial charge in [0.15, 0.2) is 0 Å². The molecule has 2 aliphatic rings. The van der Waals surface area contributed by atoms with Gasteiger partial charge in [0.25, 0.3) is 5.91 Å². The van der Waals surface area contributed by atoms with E-state index in [1.54, 1.807) is 23.6 Å². The number of carbonyl (C=O) groups excluding carboxylic acids is 2. The highest BCUT2D eigenvalue weighted by molar-refractivity contribution is 6.06. The van der Waals surface area contributed by atoms with Crippen molar-refractivity contribution in [3.63, 3.8) is 0 Å². The van der Waals surface area contributed by atoms with Crippen LogP contribution in [-0.2, 0) is 9.59 Å². The molecule has 192 valence electrons. The van der Waals surface area contributed by atoms with Crippen LogP contribution in [0.25, 0.3) is 22.4 Å². The molecule has 1 saturated carbocycles. The molecule has 1 aliphatic carbocycles. The number of benzene rings is 1. The Morgan fingerprint density at radius 3 is 2.70 bits per heavy atom. The fourth-order valence-electron chi connectivity index (χ4n) is 5.17. The summed E-state index contributed by atoms with van der Waals surface area (Å²) in [4.78, 5) is 36.1. The van der Waals surface area contributed by atoms with E-state index in [0.717, 1.165) is 47.3 Å². The third kappa shape index (κ3) is 4.32. The van der Waals surface area contributed by atoms with Crippen molar-refractivity contribution in [3.8, 4) is 22.4 Å². The summed E-state index contributed by atoms with van der Waals surface area (Å²) in [5.74, 6) is -0.0196. The van der Waals surface area contributed by atoms with E-state index in [9.17, 15) is 9.59 Å². The van der Waals surface area contributed by atoms with Gasteiger partial charge in [-0.25, -0.2) is 4.99 Å². The second kappa shape index (κ2) is 9.34. The molecule has 0 spiro atoms. The predicted octanol–water partition coefficient (Wildman–Crippen LogP) is 3.56. The molecule has 10 heteroatoms. The van der Waals surface area contributed by atoms with E-state index < -0.39 is 5.54 Å². The van der Waals surface area contributed by atoms with Gasteiger partial charge in [-0.15, -0.1) is 0 Å². The minimum atomic E-state index is -0.925. The zero-order chi connectivity index (χ0) is 26.3. The van der Waals surface area contributed by atoms with Crippen LogP contribution in [0.4, 0.5) is 5.69 Å². The van der Waals surface area contributed by atoms with Crippen LogP contribution in [-0.4, -0.2) is 62.3 Å². The molecular weight excluding hydrogens is 468 g/mol. The van der Waals surface area contributed by atoms with Crippen LogP contribution in [0, 0.1) is 5.41 Å². The SMILES string of the molecule is CC(=O)N1CCN(c2cccc(-c3cc(-c4cnn(C5CCC5)c4)c(C(N)=NC=N)[nH]3)c2)C(=O)C1(C)C. The Labute approximate surface area is 215 Å². The van der Waals surface area contributed by atoms with Gasteiger partial charge in [0.2, 0.25) is 5.91 Å². The highest BCUT2D eigenvalue weighted by atomic mass is 16.2. The molecule has 0 atom stereocenters. The number of H-pyrrole nitrogens is 1. The second-order valence-corrected chi connectivity index (χ2v) is 10.1. The number of carbonyl (C=O) groups is 2. The zero-order valence-electron chi connectivity index (χ0n) is 21.4. The molecular formula is C27H32N8O2. The molecule has 37 heavy (non-hydrogen) atoms. The van der Waals surface area contributed by atoms with E-state index in [2.05, 4.69) is 15.1 Å². The summed E-state index contributed by atoms with van der Waals surface area (Å²) in [5, 5.41) is 11.9. The fourth-order valence-corrected chi connectivity index (χ4v) is 5.17. The highest BCUT2D eigenvalue weighted by Crippen LogP contribution is 2.35. The Hall–Kier alpha value is -4.21. The number of anilines is 1. The number of nitrogens with zero attached hydrogens (tertiary/aromatic N) is 5. The molecule has 2 amide bonds. The van der Waals surface area contributed by atoms with Crippen LogP contribution in [0.3, 0.4) is 0 Å². The summed E-state index contributed by atoms with van der Waals surface area (Å²) < 4.78 is 2.01. The van der Waals surface area contributed by atoms with Gasteiger partial charge in [0.1, 0.15) is 17.7 Å². The van der Waals surface area contributed by atoms with E-state index in [-0.39, 0.29) is 17.6 Å². The predicted molar refractivity (Wildman–Crippen MR) is 144 cm³/mol. The van der Waals surface area contributed by atoms with Crippen molar-refractivity contribution >= 4 is 29.7 Å². The van der Waals surface area contributed by atoms with Crippen LogP contribution < -0.4 is 10.6 Å². The van der Waals surface area contributed by atoms with Crippen LogP contribution >= 0.6 is 0 Å². The molecule has 1 aromatic carbocycles. The summed E-state index contributed by atoms with van der Waals surface area (Å²) in [6, 6.07) is 10.2. The van der Waals surface area contributed by atoms with Crippen molar-refractivity contribution < 1.29 is 9.59 Å². The maximum atomic E-state index is 13.4. The van der Waals surface area contributed by atoms with E-state index in [0.29, 0.717) is 24.8 Å². The van der Waals surface area contributed by atoms with Crippen molar-refractivity contribution in [1.82, 2.24) is 19.7 Å². The van der Waals surface area contributed by atoms with Gasteiger partial charge in [-0.3, -0.25) is 19.7 Å². The maximum absolute atomic E-state index is 13.4. The number of nitrogens with one attached hydrogen (secondary N) is 2. The van der Waals surface area contributed by atoms with E-state index in [1.165, 1.54) is 13.3 Å². The third-order valence-corrected chi connectivity index (χ3v) is 7.48. The molecule has 3 aromatic rings. The first-order valence-corrected chi connectivity index (χ1v) is 12.5. The van der Waals surface area contributed by atoms with Crippen molar-refractivity contribution in [1.29, 1.82) is 5.41 Å². The molecule has 0 unspecified atom stereocenters. The van der Waals surface area contributed by atoms with Crippen LogP contribution in [0.5, 0.6) is 0 Å². The summed E-state index contributed by atoms with van der Waals surface area (Å²) in [5.41, 5.74) is 10.1. The Kier molecular flexibility index (Phi) is 6.18. The van der Waals surface area contributed by atoms with E-state index in [1.807, 2.05) is 47.4 Å². The number of rotatable bonds is 6. The smallest absolute Gasteiger partial charge is 0.252 e. The first kappa shape index (κ1) is 24.5. The van der Waals surface area contributed by atoms with E-state index in [4.69, 9.17) is 11.1 Å². The number of nitrogens with two attached hydrogens (primary N) is 1. The lowest BCUT2D eigenvalue weighted by Gasteiger charge is -2.45.